The van der Waals surface area contributed by atoms with E-state index < -0.39 is 11.9 Å². The van der Waals surface area contributed by atoms with Gasteiger partial charge in [-0.2, -0.15) is 11.8 Å². The minimum atomic E-state index is -0.835. The third kappa shape index (κ3) is 4.22. The number of hydrogen-bond donors (Lipinski definition) is 2. The number of hydrogen-bond acceptors (Lipinski definition) is 3. The lowest BCUT2D eigenvalue weighted by molar-refractivity contribution is -0.146. The molecule has 1 saturated carbocycles. The minimum absolute atomic E-state index is 0.0807. The van der Waals surface area contributed by atoms with Gasteiger partial charge >= 0.3 is 5.97 Å². The maximum atomic E-state index is 11.9. The predicted molar refractivity (Wildman–Crippen MR) is 69.0 cm³/mol. The lowest BCUT2D eigenvalue weighted by Crippen LogP contribution is -2.35. The zero-order valence-corrected chi connectivity index (χ0v) is 11.3. The Hall–Kier alpha value is -0.710. The molecule has 1 fully saturated rings. The number of carboxylic acid groups (broad SMARTS) is 1. The van der Waals surface area contributed by atoms with E-state index in [4.69, 9.17) is 5.11 Å². The Morgan fingerprint density at radius 3 is 2.59 bits per heavy atom. The first kappa shape index (κ1) is 14.4. The average molecular weight is 259 g/mol. The van der Waals surface area contributed by atoms with Gasteiger partial charge in [-0.15, -0.1) is 0 Å². The fraction of sp³-hybridized carbons (Fsp3) is 0.833. The Morgan fingerprint density at radius 1 is 1.35 bits per heavy atom. The molecular weight excluding hydrogens is 238 g/mol. The van der Waals surface area contributed by atoms with Gasteiger partial charge in [0.15, 0.2) is 0 Å². The van der Waals surface area contributed by atoms with E-state index >= 15 is 0 Å². The highest BCUT2D eigenvalue weighted by atomic mass is 32.2. The van der Waals surface area contributed by atoms with E-state index in [0.717, 1.165) is 12.2 Å². The molecule has 0 aromatic carbocycles. The number of aliphatic carboxylic acids is 1. The van der Waals surface area contributed by atoms with Gasteiger partial charge in [-0.1, -0.05) is 6.92 Å². The fourth-order valence-corrected chi connectivity index (χ4v) is 2.85. The molecule has 1 rings (SSSR count). The van der Waals surface area contributed by atoms with Gasteiger partial charge in [0.1, 0.15) is 0 Å². The Kier molecular flexibility index (Phi) is 5.82. The van der Waals surface area contributed by atoms with Crippen LogP contribution in [-0.2, 0) is 9.59 Å². The Labute approximate surface area is 107 Å². The van der Waals surface area contributed by atoms with Crippen LogP contribution in [0.15, 0.2) is 0 Å². The quantitative estimate of drug-likeness (QED) is 0.711. The summed E-state index contributed by atoms with van der Waals surface area (Å²) in [5.74, 6) is -0.397. The largest absolute Gasteiger partial charge is 0.481 e. The van der Waals surface area contributed by atoms with Crippen molar-refractivity contribution in [2.24, 2.45) is 17.8 Å². The van der Waals surface area contributed by atoms with E-state index in [9.17, 15) is 9.59 Å². The molecular formula is C12H21NO3S. The number of thioether (sulfide) groups is 1. The summed E-state index contributed by atoms with van der Waals surface area (Å²) in [6.07, 6.45) is 4.29. The molecule has 5 heteroatoms. The second-order valence-corrected chi connectivity index (χ2v) is 5.75. The molecule has 0 aromatic rings. The Morgan fingerprint density at radius 2 is 2.00 bits per heavy atom. The van der Waals surface area contributed by atoms with Crippen LogP contribution in [0, 0.1) is 17.8 Å². The van der Waals surface area contributed by atoms with Crippen molar-refractivity contribution in [3.8, 4) is 0 Å². The van der Waals surface area contributed by atoms with Crippen LogP contribution in [0.3, 0.4) is 0 Å². The van der Waals surface area contributed by atoms with Crippen LogP contribution in [0.2, 0.25) is 0 Å². The van der Waals surface area contributed by atoms with Crippen LogP contribution >= 0.6 is 11.8 Å². The van der Waals surface area contributed by atoms with Crippen LogP contribution in [0.4, 0.5) is 0 Å². The minimum Gasteiger partial charge on any atom is -0.481 e. The highest BCUT2D eigenvalue weighted by molar-refractivity contribution is 7.98. The summed E-state index contributed by atoms with van der Waals surface area (Å²) >= 11 is 1.75. The van der Waals surface area contributed by atoms with Crippen LogP contribution in [-0.4, -0.2) is 35.5 Å². The number of carbonyl (C=O) groups excluding carboxylic acids is 1. The molecule has 0 bridgehead atoms. The van der Waals surface area contributed by atoms with Gasteiger partial charge < -0.3 is 10.4 Å². The lowest BCUT2D eigenvalue weighted by Gasteiger charge is -2.15. The van der Waals surface area contributed by atoms with Crippen LogP contribution in [0.1, 0.15) is 26.2 Å². The van der Waals surface area contributed by atoms with E-state index in [1.807, 2.05) is 13.2 Å². The lowest BCUT2D eigenvalue weighted by atomic mass is 9.95. The number of carbonyl (C=O) groups is 2. The summed E-state index contributed by atoms with van der Waals surface area (Å²) in [6.45, 7) is 2.66. The topological polar surface area (TPSA) is 66.4 Å². The van der Waals surface area contributed by atoms with Crippen LogP contribution in [0.25, 0.3) is 0 Å². The van der Waals surface area contributed by atoms with Crippen molar-refractivity contribution in [2.45, 2.75) is 26.2 Å². The highest BCUT2D eigenvalue weighted by Crippen LogP contribution is 2.36. The molecule has 0 spiro atoms. The zero-order valence-electron chi connectivity index (χ0n) is 10.4. The number of carboxylic acids is 1. The van der Waals surface area contributed by atoms with Gasteiger partial charge in [-0.25, -0.2) is 0 Å². The SMILES string of the molecule is CSCCCNC(=O)[C@H]1CC(C)C[C@H]1C(=O)O. The first-order valence-corrected chi connectivity index (χ1v) is 7.45. The number of amides is 1. The summed E-state index contributed by atoms with van der Waals surface area (Å²) in [5.41, 5.74) is 0. The fourth-order valence-electron chi connectivity index (χ4n) is 2.41. The summed E-state index contributed by atoms with van der Waals surface area (Å²) in [6, 6.07) is 0. The number of rotatable bonds is 6. The standard InChI is InChI=1S/C12H21NO3S/c1-8-6-9(10(7-8)12(15)16)11(14)13-4-3-5-17-2/h8-10H,3-7H2,1-2H3,(H,13,14)(H,15,16)/t8?,9-,10+/m0/s1. The van der Waals surface area contributed by atoms with Crippen molar-refractivity contribution in [3.63, 3.8) is 0 Å². The summed E-state index contributed by atoms with van der Waals surface area (Å²) < 4.78 is 0. The Balaban J connectivity index is 2.41. The maximum absolute atomic E-state index is 11.9. The van der Waals surface area contributed by atoms with E-state index in [1.54, 1.807) is 11.8 Å². The summed E-state index contributed by atoms with van der Waals surface area (Å²) in [4.78, 5) is 22.9. The van der Waals surface area contributed by atoms with Gasteiger partial charge in [-0.3, -0.25) is 9.59 Å². The smallest absolute Gasteiger partial charge is 0.307 e. The van der Waals surface area contributed by atoms with Crippen molar-refractivity contribution in [1.29, 1.82) is 0 Å². The van der Waals surface area contributed by atoms with Gasteiger partial charge in [0, 0.05) is 6.54 Å². The molecule has 17 heavy (non-hydrogen) atoms. The maximum Gasteiger partial charge on any atom is 0.307 e. The molecule has 0 radical (unpaired) electrons. The molecule has 1 aliphatic carbocycles. The van der Waals surface area contributed by atoms with Crippen LogP contribution < -0.4 is 5.32 Å². The van der Waals surface area contributed by atoms with Crippen molar-refractivity contribution < 1.29 is 14.7 Å². The highest BCUT2D eigenvalue weighted by Gasteiger charge is 2.40. The zero-order chi connectivity index (χ0) is 12.8. The van der Waals surface area contributed by atoms with Gasteiger partial charge in [0.25, 0.3) is 0 Å². The molecule has 1 aliphatic rings. The van der Waals surface area contributed by atoms with E-state index in [-0.39, 0.29) is 11.8 Å². The second-order valence-electron chi connectivity index (χ2n) is 4.77. The van der Waals surface area contributed by atoms with Crippen molar-refractivity contribution >= 4 is 23.6 Å². The molecule has 1 unspecified atom stereocenters. The van der Waals surface area contributed by atoms with Crippen molar-refractivity contribution in [3.05, 3.63) is 0 Å². The molecule has 0 aromatic heterocycles. The molecule has 4 nitrogen and oxygen atoms in total. The number of nitrogens with one attached hydrogen (secondary N) is 1. The predicted octanol–water partition coefficient (Wildman–Crippen LogP) is 1.60. The molecule has 3 atom stereocenters. The van der Waals surface area contributed by atoms with Crippen LogP contribution in [0.5, 0.6) is 0 Å². The monoisotopic (exact) mass is 259 g/mol. The Bertz CT molecular complexity index is 283. The molecule has 2 N–H and O–H groups in total. The molecule has 1 amide bonds. The first-order chi connectivity index (χ1) is 8.06. The van der Waals surface area contributed by atoms with E-state index in [2.05, 4.69) is 5.32 Å². The summed E-state index contributed by atoms with van der Waals surface area (Å²) in [5, 5.41) is 11.9. The van der Waals surface area contributed by atoms with Crippen molar-refractivity contribution in [2.75, 3.05) is 18.6 Å². The van der Waals surface area contributed by atoms with Gasteiger partial charge in [-0.05, 0) is 37.2 Å². The second kappa shape index (κ2) is 6.89. The van der Waals surface area contributed by atoms with Gasteiger partial charge in [0.05, 0.1) is 11.8 Å². The van der Waals surface area contributed by atoms with E-state index in [0.29, 0.717) is 25.3 Å². The molecule has 98 valence electrons. The normalized spacial score (nSPS) is 28.0. The third-order valence-corrected chi connectivity index (χ3v) is 3.97. The molecule has 0 aliphatic heterocycles. The molecule has 0 saturated heterocycles. The van der Waals surface area contributed by atoms with Gasteiger partial charge in [0.2, 0.25) is 5.91 Å². The van der Waals surface area contributed by atoms with Crippen molar-refractivity contribution in [1.82, 2.24) is 5.32 Å². The first-order valence-electron chi connectivity index (χ1n) is 6.05. The third-order valence-electron chi connectivity index (χ3n) is 3.28. The summed E-state index contributed by atoms with van der Waals surface area (Å²) in [7, 11) is 0. The van der Waals surface area contributed by atoms with E-state index in [1.165, 1.54) is 0 Å². The average Bonchev–Trinajstić information content (AvgIpc) is 2.66. The molecule has 0 heterocycles.